The van der Waals surface area contributed by atoms with Gasteiger partial charge < -0.3 is 15.1 Å². The van der Waals surface area contributed by atoms with Gasteiger partial charge in [-0.15, -0.1) is 11.3 Å². The second kappa shape index (κ2) is 9.12. The first kappa shape index (κ1) is 19.5. The summed E-state index contributed by atoms with van der Waals surface area (Å²) in [5.74, 6) is 0.0296. The summed E-state index contributed by atoms with van der Waals surface area (Å²) >= 11 is 1.70. The molecule has 27 heavy (non-hydrogen) atoms. The maximum atomic E-state index is 14.0. The zero-order valence-electron chi connectivity index (χ0n) is 15.7. The number of aryl methyl sites for hydroxylation is 1. The quantitative estimate of drug-likeness (QED) is 0.627. The highest BCUT2D eigenvalue weighted by Crippen LogP contribution is 2.22. The third kappa shape index (κ3) is 4.94. The number of anilines is 1. The van der Waals surface area contributed by atoms with Crippen LogP contribution < -0.4 is 10.2 Å². The van der Waals surface area contributed by atoms with E-state index in [-0.39, 0.29) is 5.82 Å². The number of hydrogen-bond acceptors (Lipinski definition) is 4. The monoisotopic (exact) mass is 393 g/mol. The van der Waals surface area contributed by atoms with Crippen LogP contribution >= 0.6 is 11.3 Å². The second-order valence-corrected chi connectivity index (χ2v) is 7.32. The van der Waals surface area contributed by atoms with E-state index in [1.165, 1.54) is 12.1 Å². The van der Waals surface area contributed by atoms with Gasteiger partial charge in [0.15, 0.2) is 5.96 Å². The fourth-order valence-corrected chi connectivity index (χ4v) is 3.93. The lowest BCUT2D eigenvalue weighted by Crippen LogP contribution is -2.53. The van der Waals surface area contributed by atoms with E-state index in [2.05, 4.69) is 32.5 Å². The number of aliphatic imine (C=N–C) groups is 1. The Bertz CT molecular complexity index is 784. The maximum absolute atomic E-state index is 14.0. The van der Waals surface area contributed by atoms with Crippen molar-refractivity contribution in [2.75, 3.05) is 44.7 Å². The van der Waals surface area contributed by atoms with Crippen LogP contribution in [0.15, 0.2) is 28.6 Å². The minimum absolute atomic E-state index is 0.327. The fraction of sp³-hybridized carbons (Fsp3) is 0.474. The van der Waals surface area contributed by atoms with Gasteiger partial charge in [0.2, 0.25) is 0 Å². The summed E-state index contributed by atoms with van der Waals surface area (Å²) in [6, 6.07) is 3.59. The summed E-state index contributed by atoms with van der Waals surface area (Å²) in [5.41, 5.74) is 1.43. The normalized spacial score (nSPS) is 15.3. The molecular formula is C19H25F2N5S. The molecule has 1 aliphatic heterocycles. The van der Waals surface area contributed by atoms with Gasteiger partial charge >= 0.3 is 0 Å². The minimum atomic E-state index is -0.417. The number of nitrogens with one attached hydrogen (secondary N) is 1. The van der Waals surface area contributed by atoms with E-state index in [1.807, 2.05) is 4.90 Å². The maximum Gasteiger partial charge on any atom is 0.193 e. The highest BCUT2D eigenvalue weighted by atomic mass is 32.1. The van der Waals surface area contributed by atoms with Gasteiger partial charge in [-0.3, -0.25) is 4.99 Å². The van der Waals surface area contributed by atoms with E-state index < -0.39 is 5.82 Å². The smallest absolute Gasteiger partial charge is 0.193 e. The van der Waals surface area contributed by atoms with Crippen molar-refractivity contribution in [2.24, 2.45) is 4.99 Å². The van der Waals surface area contributed by atoms with Gasteiger partial charge in [0.25, 0.3) is 0 Å². The van der Waals surface area contributed by atoms with Crippen LogP contribution in [0.25, 0.3) is 0 Å². The molecule has 2 heterocycles. The Morgan fingerprint density at radius 2 is 2.04 bits per heavy atom. The molecule has 1 saturated heterocycles. The number of aromatic nitrogens is 1. The van der Waals surface area contributed by atoms with Crippen molar-refractivity contribution in [3.63, 3.8) is 0 Å². The Labute approximate surface area is 162 Å². The number of thiazole rings is 1. The van der Waals surface area contributed by atoms with Crippen LogP contribution in [0, 0.1) is 11.6 Å². The molecule has 0 amide bonds. The van der Waals surface area contributed by atoms with E-state index in [1.54, 1.807) is 18.4 Å². The molecule has 0 atom stereocenters. The molecule has 0 saturated carbocycles. The number of rotatable bonds is 5. The lowest BCUT2D eigenvalue weighted by molar-refractivity contribution is 0.371. The van der Waals surface area contributed by atoms with Crippen molar-refractivity contribution in [1.29, 1.82) is 0 Å². The number of hydrogen-bond donors (Lipinski definition) is 1. The summed E-state index contributed by atoms with van der Waals surface area (Å²) in [7, 11) is 1.76. The van der Waals surface area contributed by atoms with Crippen molar-refractivity contribution in [3.8, 4) is 0 Å². The van der Waals surface area contributed by atoms with E-state index >= 15 is 0 Å². The molecule has 2 aromatic rings. The van der Waals surface area contributed by atoms with Crippen LogP contribution in [0.5, 0.6) is 0 Å². The zero-order valence-corrected chi connectivity index (χ0v) is 16.5. The summed E-state index contributed by atoms with van der Waals surface area (Å²) in [5, 5.41) is 6.65. The Morgan fingerprint density at radius 3 is 2.70 bits per heavy atom. The number of nitrogens with zero attached hydrogens (tertiary/aromatic N) is 4. The van der Waals surface area contributed by atoms with Gasteiger partial charge in [-0.2, -0.15) is 0 Å². The molecule has 146 valence electrons. The third-order valence-corrected chi connectivity index (χ3v) is 5.65. The lowest BCUT2D eigenvalue weighted by Gasteiger charge is -2.37. The van der Waals surface area contributed by atoms with Gasteiger partial charge in [-0.05, 0) is 18.6 Å². The van der Waals surface area contributed by atoms with E-state index in [9.17, 15) is 8.78 Å². The Hall–Kier alpha value is -2.22. The number of piperazine rings is 1. The fourth-order valence-electron chi connectivity index (χ4n) is 3.15. The molecule has 0 spiro atoms. The first-order valence-corrected chi connectivity index (χ1v) is 10.1. The molecule has 3 rings (SSSR count). The molecule has 5 nitrogen and oxygen atoms in total. The van der Waals surface area contributed by atoms with Crippen LogP contribution in [0.4, 0.5) is 14.5 Å². The number of benzene rings is 1. The Kier molecular flexibility index (Phi) is 6.60. The third-order valence-electron chi connectivity index (χ3n) is 4.61. The first-order chi connectivity index (χ1) is 13.1. The van der Waals surface area contributed by atoms with Crippen molar-refractivity contribution in [1.82, 2.24) is 15.2 Å². The second-order valence-electron chi connectivity index (χ2n) is 6.38. The highest BCUT2D eigenvalue weighted by Gasteiger charge is 2.22. The molecule has 0 bridgehead atoms. The number of halogens is 2. The predicted molar refractivity (Wildman–Crippen MR) is 107 cm³/mol. The largest absolute Gasteiger partial charge is 0.366 e. The Morgan fingerprint density at radius 1 is 1.26 bits per heavy atom. The predicted octanol–water partition coefficient (Wildman–Crippen LogP) is 2.92. The summed E-state index contributed by atoms with van der Waals surface area (Å²) in [6.45, 7) is 5.51. The molecule has 1 aromatic heterocycles. The minimum Gasteiger partial charge on any atom is -0.366 e. The van der Waals surface area contributed by atoms with Crippen LogP contribution in [-0.4, -0.2) is 55.6 Å². The van der Waals surface area contributed by atoms with Crippen LogP contribution in [0.1, 0.15) is 17.6 Å². The van der Waals surface area contributed by atoms with Crippen molar-refractivity contribution >= 4 is 23.0 Å². The average molecular weight is 394 g/mol. The van der Waals surface area contributed by atoms with Gasteiger partial charge in [0, 0.05) is 57.6 Å². The first-order valence-electron chi connectivity index (χ1n) is 9.19. The molecule has 1 aliphatic rings. The van der Waals surface area contributed by atoms with Gasteiger partial charge in [0.05, 0.1) is 16.4 Å². The van der Waals surface area contributed by atoms with Crippen LogP contribution in [0.2, 0.25) is 0 Å². The number of guanidine groups is 1. The molecule has 0 radical (unpaired) electrons. The summed E-state index contributed by atoms with van der Waals surface area (Å²) in [4.78, 5) is 13.0. The van der Waals surface area contributed by atoms with Crippen molar-refractivity contribution < 1.29 is 8.78 Å². The average Bonchev–Trinajstić information content (AvgIpc) is 3.15. The van der Waals surface area contributed by atoms with Crippen LogP contribution in [0.3, 0.4) is 0 Å². The summed E-state index contributed by atoms with van der Waals surface area (Å²) < 4.78 is 27.4. The molecule has 1 N–H and O–H groups in total. The molecule has 0 unspecified atom stereocenters. The Balaban J connectivity index is 1.50. The highest BCUT2D eigenvalue weighted by molar-refractivity contribution is 7.09. The summed E-state index contributed by atoms with van der Waals surface area (Å²) in [6.07, 6.45) is 1.82. The van der Waals surface area contributed by atoms with Gasteiger partial charge in [0.1, 0.15) is 11.6 Å². The van der Waals surface area contributed by atoms with Gasteiger partial charge in [-0.25, -0.2) is 13.8 Å². The van der Waals surface area contributed by atoms with E-state index in [4.69, 9.17) is 0 Å². The lowest BCUT2D eigenvalue weighted by atomic mass is 10.2. The molecule has 1 aromatic carbocycles. The van der Waals surface area contributed by atoms with E-state index in [0.717, 1.165) is 42.1 Å². The van der Waals surface area contributed by atoms with Crippen LogP contribution in [-0.2, 0) is 12.8 Å². The van der Waals surface area contributed by atoms with E-state index in [0.29, 0.717) is 31.9 Å². The molecule has 0 aliphatic carbocycles. The molecular weight excluding hydrogens is 368 g/mol. The molecule has 1 fully saturated rings. The zero-order chi connectivity index (χ0) is 19.2. The van der Waals surface area contributed by atoms with Gasteiger partial charge in [-0.1, -0.05) is 6.92 Å². The topological polar surface area (TPSA) is 43.8 Å². The molecule has 8 heteroatoms. The SMILES string of the molecule is CCc1nc(CCNC(=NC)N2CCN(c3cc(F)ccc3F)CC2)cs1. The van der Waals surface area contributed by atoms with Crippen molar-refractivity contribution in [2.45, 2.75) is 19.8 Å². The van der Waals surface area contributed by atoms with Crippen molar-refractivity contribution in [3.05, 3.63) is 45.9 Å². The standard InChI is InChI=1S/C19H25F2N5S/c1-3-18-24-15(13-27-18)6-7-23-19(22-2)26-10-8-25(9-11-26)17-12-14(20)4-5-16(17)21/h4-5,12-13H,3,6-11H2,1-2H3,(H,22,23).